The molecule has 27 heavy (non-hydrogen) atoms. The molecule has 0 heterocycles. The molecule has 0 radical (unpaired) electrons. The van der Waals surface area contributed by atoms with E-state index in [1.54, 1.807) is 0 Å². The molecule has 3 heteroatoms. The molecule has 0 aromatic heterocycles. The van der Waals surface area contributed by atoms with Crippen LogP contribution in [0.4, 0.5) is 0 Å². The van der Waals surface area contributed by atoms with E-state index < -0.39 is 0 Å². The summed E-state index contributed by atoms with van der Waals surface area (Å²) < 4.78 is 11.8. The van der Waals surface area contributed by atoms with Gasteiger partial charge in [0.15, 0.2) is 0 Å². The Morgan fingerprint density at radius 1 is 0.630 bits per heavy atom. The zero-order valence-corrected chi connectivity index (χ0v) is 19.8. The summed E-state index contributed by atoms with van der Waals surface area (Å²) in [4.78, 5) is 0. The van der Waals surface area contributed by atoms with Gasteiger partial charge in [-0.2, -0.15) is 11.8 Å². The SMILES string of the molecule is CCCCOC(CCC)COCCCCCCCCCCCCCCSC. The Balaban J connectivity index is 3.23. The fourth-order valence-electron chi connectivity index (χ4n) is 3.36. The van der Waals surface area contributed by atoms with Gasteiger partial charge >= 0.3 is 0 Å². The van der Waals surface area contributed by atoms with Crippen molar-refractivity contribution in [2.75, 3.05) is 31.8 Å². The van der Waals surface area contributed by atoms with Crippen molar-refractivity contribution in [2.45, 2.75) is 123 Å². The zero-order chi connectivity index (χ0) is 19.8. The van der Waals surface area contributed by atoms with Crippen molar-refractivity contribution in [1.82, 2.24) is 0 Å². The molecule has 164 valence electrons. The van der Waals surface area contributed by atoms with Crippen molar-refractivity contribution in [2.24, 2.45) is 0 Å². The number of hydrogen-bond acceptors (Lipinski definition) is 3. The maximum Gasteiger partial charge on any atom is 0.0808 e. The molecule has 0 bridgehead atoms. The fraction of sp³-hybridized carbons (Fsp3) is 1.00. The summed E-state index contributed by atoms with van der Waals surface area (Å²) in [6.07, 6.45) is 24.0. The van der Waals surface area contributed by atoms with Crippen LogP contribution >= 0.6 is 11.8 Å². The molecule has 0 aliphatic heterocycles. The smallest absolute Gasteiger partial charge is 0.0808 e. The number of ether oxygens (including phenoxy) is 2. The maximum atomic E-state index is 5.92. The van der Waals surface area contributed by atoms with Crippen LogP contribution in [0.1, 0.15) is 117 Å². The standard InChI is InChI=1S/C24H50O2S/c1-4-6-21-26-24(19-5-2)23-25-20-17-15-13-11-9-7-8-10-12-14-16-18-22-27-3/h24H,4-23H2,1-3H3. The van der Waals surface area contributed by atoms with Gasteiger partial charge in [0.05, 0.1) is 12.7 Å². The first-order valence-electron chi connectivity index (χ1n) is 12.0. The summed E-state index contributed by atoms with van der Waals surface area (Å²) in [5.41, 5.74) is 0. The van der Waals surface area contributed by atoms with Crippen molar-refractivity contribution in [3.8, 4) is 0 Å². The normalized spacial score (nSPS) is 12.6. The highest BCUT2D eigenvalue weighted by Crippen LogP contribution is 2.13. The number of unbranched alkanes of at least 4 members (excludes halogenated alkanes) is 12. The third-order valence-corrected chi connectivity index (χ3v) is 5.85. The van der Waals surface area contributed by atoms with E-state index in [1.807, 2.05) is 11.8 Å². The molecular formula is C24H50O2S. The van der Waals surface area contributed by atoms with Gasteiger partial charge in [-0.15, -0.1) is 0 Å². The molecule has 0 saturated heterocycles. The van der Waals surface area contributed by atoms with Crippen molar-refractivity contribution in [3.05, 3.63) is 0 Å². The second kappa shape index (κ2) is 24.3. The van der Waals surface area contributed by atoms with Crippen LogP contribution in [-0.4, -0.2) is 37.9 Å². The first-order chi connectivity index (χ1) is 13.3. The second-order valence-electron chi connectivity index (χ2n) is 7.95. The summed E-state index contributed by atoms with van der Waals surface area (Å²) in [5, 5.41) is 0. The first kappa shape index (κ1) is 27.3. The average molecular weight is 403 g/mol. The van der Waals surface area contributed by atoms with Gasteiger partial charge in [0.1, 0.15) is 0 Å². The fourth-order valence-corrected chi connectivity index (χ4v) is 3.86. The minimum absolute atomic E-state index is 0.312. The van der Waals surface area contributed by atoms with Crippen LogP contribution in [0, 0.1) is 0 Å². The molecule has 0 fully saturated rings. The van der Waals surface area contributed by atoms with E-state index in [2.05, 4.69) is 20.1 Å². The lowest BCUT2D eigenvalue weighted by atomic mass is 10.1. The summed E-state index contributed by atoms with van der Waals surface area (Å²) >= 11 is 1.98. The quantitative estimate of drug-likeness (QED) is 0.161. The predicted molar refractivity (Wildman–Crippen MR) is 124 cm³/mol. The van der Waals surface area contributed by atoms with Gasteiger partial charge in [0.25, 0.3) is 0 Å². The summed E-state index contributed by atoms with van der Waals surface area (Å²) in [6.45, 7) is 7.03. The van der Waals surface area contributed by atoms with E-state index in [0.29, 0.717) is 6.10 Å². The Hall–Kier alpha value is 0.270. The predicted octanol–water partition coefficient (Wildman–Crippen LogP) is 8.03. The minimum Gasteiger partial charge on any atom is -0.379 e. The first-order valence-corrected chi connectivity index (χ1v) is 13.4. The molecule has 0 aliphatic rings. The largest absolute Gasteiger partial charge is 0.379 e. The lowest BCUT2D eigenvalue weighted by Gasteiger charge is -2.17. The van der Waals surface area contributed by atoms with Crippen LogP contribution in [0.15, 0.2) is 0 Å². The van der Waals surface area contributed by atoms with Gasteiger partial charge in [-0.3, -0.25) is 0 Å². The van der Waals surface area contributed by atoms with E-state index in [-0.39, 0.29) is 0 Å². The van der Waals surface area contributed by atoms with E-state index in [0.717, 1.165) is 26.2 Å². The van der Waals surface area contributed by atoms with Gasteiger partial charge < -0.3 is 9.47 Å². The Bertz CT molecular complexity index is 261. The molecule has 0 N–H and O–H groups in total. The highest BCUT2D eigenvalue weighted by molar-refractivity contribution is 7.98. The minimum atomic E-state index is 0.312. The van der Waals surface area contributed by atoms with Gasteiger partial charge in [-0.05, 0) is 37.7 Å². The van der Waals surface area contributed by atoms with Crippen LogP contribution in [0.25, 0.3) is 0 Å². The van der Waals surface area contributed by atoms with E-state index in [9.17, 15) is 0 Å². The van der Waals surface area contributed by atoms with Gasteiger partial charge in [-0.25, -0.2) is 0 Å². The van der Waals surface area contributed by atoms with Crippen LogP contribution in [0.2, 0.25) is 0 Å². The molecule has 0 saturated carbocycles. The molecule has 0 amide bonds. The molecule has 1 atom stereocenters. The third-order valence-electron chi connectivity index (χ3n) is 5.15. The van der Waals surface area contributed by atoms with Gasteiger partial charge in [0.2, 0.25) is 0 Å². The highest BCUT2D eigenvalue weighted by Gasteiger charge is 2.07. The number of hydrogen-bond donors (Lipinski definition) is 0. The summed E-state index contributed by atoms with van der Waals surface area (Å²) in [6, 6.07) is 0. The molecule has 0 spiro atoms. The highest BCUT2D eigenvalue weighted by atomic mass is 32.2. The van der Waals surface area contributed by atoms with Crippen LogP contribution in [0.3, 0.4) is 0 Å². The Labute approximate surface area is 175 Å². The number of thioether (sulfide) groups is 1. The lowest BCUT2D eigenvalue weighted by molar-refractivity contribution is -0.0223. The van der Waals surface area contributed by atoms with Crippen molar-refractivity contribution in [1.29, 1.82) is 0 Å². The van der Waals surface area contributed by atoms with Crippen molar-refractivity contribution in [3.63, 3.8) is 0 Å². The topological polar surface area (TPSA) is 18.5 Å². The Kier molecular flexibility index (Phi) is 24.6. The van der Waals surface area contributed by atoms with Crippen molar-refractivity contribution < 1.29 is 9.47 Å². The molecule has 0 aromatic carbocycles. The molecule has 0 rings (SSSR count). The molecule has 0 aliphatic carbocycles. The molecule has 1 unspecified atom stereocenters. The Morgan fingerprint density at radius 2 is 1.19 bits per heavy atom. The van der Waals surface area contributed by atoms with E-state index in [4.69, 9.17) is 9.47 Å². The van der Waals surface area contributed by atoms with E-state index >= 15 is 0 Å². The van der Waals surface area contributed by atoms with Crippen LogP contribution in [0.5, 0.6) is 0 Å². The molecule has 2 nitrogen and oxygen atoms in total. The third kappa shape index (κ3) is 22.4. The Morgan fingerprint density at radius 3 is 1.70 bits per heavy atom. The molecule has 0 aromatic rings. The van der Waals surface area contributed by atoms with Gasteiger partial charge in [-0.1, -0.05) is 90.9 Å². The van der Waals surface area contributed by atoms with Crippen LogP contribution < -0.4 is 0 Å². The van der Waals surface area contributed by atoms with Gasteiger partial charge in [0, 0.05) is 13.2 Å². The summed E-state index contributed by atoms with van der Waals surface area (Å²) in [5.74, 6) is 1.34. The van der Waals surface area contributed by atoms with Crippen molar-refractivity contribution >= 4 is 11.8 Å². The van der Waals surface area contributed by atoms with Crippen LogP contribution in [-0.2, 0) is 9.47 Å². The lowest BCUT2D eigenvalue weighted by Crippen LogP contribution is -2.20. The van der Waals surface area contributed by atoms with E-state index in [1.165, 1.54) is 102 Å². The average Bonchev–Trinajstić information content (AvgIpc) is 2.67. The zero-order valence-electron chi connectivity index (χ0n) is 18.9. The molecular weight excluding hydrogens is 352 g/mol. The monoisotopic (exact) mass is 402 g/mol. The second-order valence-corrected chi connectivity index (χ2v) is 8.93. The maximum absolute atomic E-state index is 5.92. The number of rotatable bonds is 23. The summed E-state index contributed by atoms with van der Waals surface area (Å²) in [7, 11) is 0.